The number of hydrogen-bond donors (Lipinski definition) is 2. The van der Waals surface area contributed by atoms with Crippen LogP contribution in [0.1, 0.15) is 63.2 Å². The van der Waals surface area contributed by atoms with Crippen molar-refractivity contribution in [2.24, 2.45) is 7.05 Å². The van der Waals surface area contributed by atoms with Gasteiger partial charge in [-0.3, -0.25) is 9.59 Å². The molecule has 202 valence electrons. The number of thioether (sulfide) groups is 1. The summed E-state index contributed by atoms with van der Waals surface area (Å²) < 4.78 is 12.3. The van der Waals surface area contributed by atoms with E-state index in [1.54, 1.807) is 42.8 Å². The Morgan fingerprint density at radius 2 is 1.92 bits per heavy atom. The predicted octanol–water partition coefficient (Wildman–Crippen LogP) is 3.99. The lowest BCUT2D eigenvalue weighted by atomic mass is 10.1. The fourth-order valence-corrected chi connectivity index (χ4v) is 6.28. The van der Waals surface area contributed by atoms with Crippen LogP contribution in [-0.2, 0) is 36.0 Å². The van der Waals surface area contributed by atoms with Gasteiger partial charge in [-0.25, -0.2) is 4.79 Å². The summed E-state index contributed by atoms with van der Waals surface area (Å²) in [6, 6.07) is 6.97. The number of esters is 1. The molecule has 0 radical (unpaired) electrons. The van der Waals surface area contributed by atoms with E-state index >= 15 is 0 Å². The molecule has 0 unspecified atom stereocenters. The van der Waals surface area contributed by atoms with Gasteiger partial charge in [-0.2, -0.15) is 0 Å². The van der Waals surface area contributed by atoms with Gasteiger partial charge in [0.25, 0.3) is 5.91 Å². The molecule has 2 amide bonds. The highest BCUT2D eigenvalue weighted by Gasteiger charge is 2.26. The van der Waals surface area contributed by atoms with Gasteiger partial charge in [0.15, 0.2) is 11.0 Å². The molecule has 0 aliphatic heterocycles. The molecule has 2 N–H and O–H groups in total. The Morgan fingerprint density at radius 3 is 2.71 bits per heavy atom. The SMILES string of the molecule is CCOC(=O)c1c(NC(=O)CSc2nnc(CNC(=O)c3ccccc3OC)n2C)sc2c1CCCCC2. The highest BCUT2D eigenvalue weighted by molar-refractivity contribution is 7.99. The topological polar surface area (TPSA) is 124 Å². The van der Waals surface area contributed by atoms with Crippen LogP contribution in [0.3, 0.4) is 0 Å². The number of rotatable bonds is 10. The Balaban J connectivity index is 1.37. The van der Waals surface area contributed by atoms with Crippen molar-refractivity contribution in [2.75, 3.05) is 24.8 Å². The third-order valence-electron chi connectivity index (χ3n) is 6.17. The van der Waals surface area contributed by atoms with E-state index in [0.29, 0.717) is 32.9 Å². The third-order valence-corrected chi connectivity index (χ3v) is 8.40. The molecule has 3 aromatic rings. The quantitative estimate of drug-likeness (QED) is 0.218. The second kappa shape index (κ2) is 12.9. The molecule has 1 aliphatic rings. The standard InChI is InChI=1S/C26H31N5O5S2/c1-4-36-25(34)22-17-11-6-5-7-13-19(17)38-24(22)28-21(32)15-37-26-30-29-20(31(26)2)14-27-23(33)16-10-8-9-12-18(16)35-3/h8-10,12H,4-7,11,13-15H2,1-3H3,(H,27,33)(H,28,32). The van der Waals surface area contributed by atoms with Gasteiger partial charge in [-0.1, -0.05) is 30.3 Å². The second-order valence-electron chi connectivity index (χ2n) is 8.67. The van der Waals surface area contributed by atoms with Crippen LogP contribution in [-0.4, -0.2) is 52.0 Å². The maximum atomic E-state index is 12.8. The van der Waals surface area contributed by atoms with Crippen molar-refractivity contribution >= 4 is 45.9 Å². The molecule has 2 aromatic heterocycles. The van der Waals surface area contributed by atoms with Crippen molar-refractivity contribution in [1.82, 2.24) is 20.1 Å². The Kier molecular flexibility index (Phi) is 9.40. The van der Waals surface area contributed by atoms with Crippen molar-refractivity contribution in [1.29, 1.82) is 0 Å². The molecule has 12 heteroatoms. The monoisotopic (exact) mass is 557 g/mol. The highest BCUT2D eigenvalue weighted by atomic mass is 32.2. The summed E-state index contributed by atoms with van der Waals surface area (Å²) in [5, 5.41) is 15.2. The van der Waals surface area contributed by atoms with Gasteiger partial charge in [0, 0.05) is 11.9 Å². The van der Waals surface area contributed by atoms with Crippen molar-refractivity contribution in [3.05, 3.63) is 51.7 Å². The normalized spacial score (nSPS) is 12.8. The van der Waals surface area contributed by atoms with Crippen molar-refractivity contribution < 1.29 is 23.9 Å². The molecule has 0 saturated heterocycles. The number of amides is 2. The summed E-state index contributed by atoms with van der Waals surface area (Å²) in [5.74, 6) is 0.200. The number of ether oxygens (including phenoxy) is 2. The first-order valence-electron chi connectivity index (χ1n) is 12.5. The Hall–Kier alpha value is -3.38. The fraction of sp³-hybridized carbons (Fsp3) is 0.423. The lowest BCUT2D eigenvalue weighted by molar-refractivity contribution is -0.113. The van der Waals surface area contributed by atoms with Crippen LogP contribution in [0.4, 0.5) is 5.00 Å². The second-order valence-corrected chi connectivity index (χ2v) is 10.7. The fourth-order valence-electron chi connectivity index (χ4n) is 4.25. The Morgan fingerprint density at radius 1 is 1.13 bits per heavy atom. The number of carbonyl (C=O) groups is 3. The molecule has 2 heterocycles. The van der Waals surface area contributed by atoms with E-state index in [1.807, 2.05) is 0 Å². The predicted molar refractivity (Wildman–Crippen MR) is 146 cm³/mol. The number of para-hydroxylation sites is 1. The first-order valence-corrected chi connectivity index (χ1v) is 14.3. The number of fused-ring (bicyclic) bond motifs is 1. The van der Waals surface area contributed by atoms with Crippen LogP contribution in [0.2, 0.25) is 0 Å². The maximum Gasteiger partial charge on any atom is 0.341 e. The molecule has 0 atom stereocenters. The molecular formula is C26H31N5O5S2. The number of methoxy groups -OCH3 is 1. The average molecular weight is 558 g/mol. The van der Waals surface area contributed by atoms with Crippen LogP contribution in [0.25, 0.3) is 0 Å². The van der Waals surface area contributed by atoms with E-state index in [9.17, 15) is 14.4 Å². The van der Waals surface area contributed by atoms with Crippen LogP contribution < -0.4 is 15.4 Å². The van der Waals surface area contributed by atoms with E-state index < -0.39 is 0 Å². The minimum absolute atomic E-state index is 0.0877. The summed E-state index contributed by atoms with van der Waals surface area (Å²) in [7, 11) is 3.29. The van der Waals surface area contributed by atoms with Gasteiger partial charge in [-0.05, 0) is 50.3 Å². The van der Waals surface area contributed by atoms with Crippen LogP contribution in [0.5, 0.6) is 5.75 Å². The van der Waals surface area contributed by atoms with Gasteiger partial charge >= 0.3 is 5.97 Å². The largest absolute Gasteiger partial charge is 0.496 e. The first kappa shape index (κ1) is 27.6. The number of aromatic nitrogens is 3. The molecular weight excluding hydrogens is 526 g/mol. The summed E-state index contributed by atoms with van der Waals surface area (Å²) >= 11 is 2.70. The smallest absolute Gasteiger partial charge is 0.341 e. The van der Waals surface area contributed by atoms with E-state index in [1.165, 1.54) is 30.2 Å². The third kappa shape index (κ3) is 6.36. The number of thiophene rings is 1. The summed E-state index contributed by atoms with van der Waals surface area (Å²) in [5.41, 5.74) is 1.94. The molecule has 0 fully saturated rings. The molecule has 1 aromatic carbocycles. The van der Waals surface area contributed by atoms with Crippen molar-refractivity contribution in [3.63, 3.8) is 0 Å². The van der Waals surface area contributed by atoms with Crippen LogP contribution >= 0.6 is 23.1 Å². The van der Waals surface area contributed by atoms with Crippen LogP contribution in [0.15, 0.2) is 29.4 Å². The summed E-state index contributed by atoms with van der Waals surface area (Å²) in [4.78, 5) is 39.3. The van der Waals surface area contributed by atoms with Gasteiger partial charge in [0.1, 0.15) is 10.8 Å². The number of carbonyl (C=O) groups excluding carboxylic acids is 3. The zero-order valence-electron chi connectivity index (χ0n) is 21.7. The molecule has 38 heavy (non-hydrogen) atoms. The minimum atomic E-state index is -0.386. The molecule has 1 aliphatic carbocycles. The van der Waals surface area contributed by atoms with Gasteiger partial charge in [0.05, 0.1) is 37.1 Å². The average Bonchev–Trinajstić information content (AvgIpc) is 3.35. The maximum absolute atomic E-state index is 12.8. The van der Waals surface area contributed by atoms with Gasteiger partial charge < -0.3 is 24.7 Å². The van der Waals surface area contributed by atoms with E-state index in [0.717, 1.165) is 42.5 Å². The number of aryl methyl sites for hydroxylation is 1. The van der Waals surface area contributed by atoms with E-state index in [-0.39, 0.29) is 36.7 Å². The molecule has 10 nitrogen and oxygen atoms in total. The highest BCUT2D eigenvalue weighted by Crippen LogP contribution is 2.38. The van der Waals surface area contributed by atoms with Gasteiger partial charge in [-0.15, -0.1) is 21.5 Å². The van der Waals surface area contributed by atoms with Gasteiger partial charge in [0.2, 0.25) is 5.91 Å². The van der Waals surface area contributed by atoms with E-state index in [2.05, 4.69) is 20.8 Å². The lowest BCUT2D eigenvalue weighted by Gasteiger charge is -2.09. The minimum Gasteiger partial charge on any atom is -0.496 e. The number of hydrogen-bond acceptors (Lipinski definition) is 9. The summed E-state index contributed by atoms with van der Waals surface area (Å²) in [6.45, 7) is 2.22. The molecule has 0 spiro atoms. The number of nitrogens with zero attached hydrogens (tertiary/aromatic N) is 3. The number of anilines is 1. The summed E-state index contributed by atoms with van der Waals surface area (Å²) in [6.07, 6.45) is 4.96. The zero-order valence-corrected chi connectivity index (χ0v) is 23.3. The molecule has 4 rings (SSSR count). The zero-order chi connectivity index (χ0) is 27.1. The molecule has 0 saturated carbocycles. The Bertz CT molecular complexity index is 1320. The van der Waals surface area contributed by atoms with E-state index in [4.69, 9.17) is 9.47 Å². The number of nitrogens with one attached hydrogen (secondary N) is 2. The first-order chi connectivity index (χ1) is 18.4. The molecule has 0 bridgehead atoms. The number of benzene rings is 1. The lowest BCUT2D eigenvalue weighted by Crippen LogP contribution is -2.25. The Labute approximate surface area is 229 Å². The van der Waals surface area contributed by atoms with Crippen molar-refractivity contribution in [2.45, 2.75) is 50.7 Å². The van der Waals surface area contributed by atoms with Crippen LogP contribution in [0, 0.1) is 0 Å². The van der Waals surface area contributed by atoms with Crippen molar-refractivity contribution in [3.8, 4) is 5.75 Å².